The van der Waals surface area contributed by atoms with Crippen molar-refractivity contribution in [2.75, 3.05) is 19.6 Å². The molecule has 1 N–H and O–H groups in total. The average molecular weight is 288 g/mol. The molecule has 1 unspecified atom stereocenters. The van der Waals surface area contributed by atoms with Crippen LogP contribution in [0.25, 0.3) is 0 Å². The van der Waals surface area contributed by atoms with E-state index in [1.54, 1.807) is 12.1 Å². The van der Waals surface area contributed by atoms with Crippen molar-refractivity contribution in [1.29, 1.82) is 0 Å². The first kappa shape index (κ1) is 16.0. The molecule has 1 atom stereocenters. The molecule has 1 aliphatic rings. The average Bonchev–Trinajstić information content (AvgIpc) is 2.47. The minimum absolute atomic E-state index is 0.177. The molecule has 1 saturated heterocycles. The molecule has 0 spiro atoms. The number of piperidine rings is 1. The number of benzene rings is 1. The second-order valence-electron chi connectivity index (χ2n) is 6.19. The van der Waals surface area contributed by atoms with E-state index in [0.29, 0.717) is 12.0 Å². The van der Waals surface area contributed by atoms with Crippen LogP contribution in [0.3, 0.4) is 0 Å². The van der Waals surface area contributed by atoms with Gasteiger partial charge in [-0.15, -0.1) is 6.42 Å². The first-order valence-corrected chi connectivity index (χ1v) is 7.77. The maximum atomic E-state index is 13.1. The fraction of sp³-hybridized carbons (Fsp3) is 0.556. The number of rotatable bonds is 5. The summed E-state index contributed by atoms with van der Waals surface area (Å²) in [5.41, 5.74) is 1.16. The van der Waals surface area contributed by atoms with Crippen molar-refractivity contribution in [2.24, 2.45) is 5.92 Å². The third-order valence-corrected chi connectivity index (χ3v) is 4.21. The smallest absolute Gasteiger partial charge is 0.123 e. The van der Waals surface area contributed by atoms with Crippen LogP contribution in [-0.2, 0) is 0 Å². The van der Waals surface area contributed by atoms with E-state index >= 15 is 0 Å². The molecule has 21 heavy (non-hydrogen) atoms. The summed E-state index contributed by atoms with van der Waals surface area (Å²) < 4.78 is 13.1. The van der Waals surface area contributed by atoms with E-state index in [-0.39, 0.29) is 11.9 Å². The predicted octanol–water partition coefficient (Wildman–Crippen LogP) is 3.21. The molecule has 0 amide bonds. The Hall–Kier alpha value is -1.37. The Balaban J connectivity index is 1.95. The highest BCUT2D eigenvalue weighted by Gasteiger charge is 2.23. The summed E-state index contributed by atoms with van der Waals surface area (Å²) in [6.07, 6.45) is 7.60. The largest absolute Gasteiger partial charge is 0.307 e. The zero-order valence-electron chi connectivity index (χ0n) is 13.0. The zero-order chi connectivity index (χ0) is 15.2. The van der Waals surface area contributed by atoms with Crippen LogP contribution in [-0.4, -0.2) is 30.6 Å². The van der Waals surface area contributed by atoms with Gasteiger partial charge in [0.2, 0.25) is 0 Å². The van der Waals surface area contributed by atoms with Gasteiger partial charge >= 0.3 is 0 Å². The lowest BCUT2D eigenvalue weighted by molar-refractivity contribution is 0.201. The maximum Gasteiger partial charge on any atom is 0.123 e. The van der Waals surface area contributed by atoms with Gasteiger partial charge in [0.05, 0.1) is 6.54 Å². The highest BCUT2D eigenvalue weighted by Crippen LogP contribution is 2.24. The van der Waals surface area contributed by atoms with Crippen LogP contribution < -0.4 is 5.32 Å². The zero-order valence-corrected chi connectivity index (χ0v) is 13.0. The van der Waals surface area contributed by atoms with Gasteiger partial charge in [0, 0.05) is 25.2 Å². The van der Waals surface area contributed by atoms with Gasteiger partial charge in [0.1, 0.15) is 5.82 Å². The summed E-state index contributed by atoms with van der Waals surface area (Å²) in [5.74, 6) is 3.01. The molecule has 1 aromatic rings. The minimum Gasteiger partial charge on any atom is -0.307 e. The molecule has 0 saturated carbocycles. The first-order valence-electron chi connectivity index (χ1n) is 7.77. The van der Waals surface area contributed by atoms with E-state index < -0.39 is 0 Å². The lowest BCUT2D eigenvalue weighted by Gasteiger charge is -2.35. The van der Waals surface area contributed by atoms with Crippen molar-refractivity contribution in [3.05, 3.63) is 35.6 Å². The van der Waals surface area contributed by atoms with Crippen LogP contribution in [0.4, 0.5) is 4.39 Å². The Bertz CT molecular complexity index is 467. The summed E-state index contributed by atoms with van der Waals surface area (Å²) in [7, 11) is 0. The number of halogens is 1. The van der Waals surface area contributed by atoms with Crippen molar-refractivity contribution in [3.63, 3.8) is 0 Å². The standard InChI is InChI=1S/C18H25FN2/c1-4-11-21-12-9-17(10-13-21)20-18(14(2)3)15-5-7-16(19)8-6-15/h1,5-8,14,17-18,20H,9-13H2,2-3H3. The van der Waals surface area contributed by atoms with Gasteiger partial charge in [0.25, 0.3) is 0 Å². The highest BCUT2D eigenvalue weighted by molar-refractivity contribution is 5.20. The molecule has 3 heteroatoms. The topological polar surface area (TPSA) is 15.3 Å². The molecule has 1 aromatic carbocycles. The quantitative estimate of drug-likeness (QED) is 0.837. The van der Waals surface area contributed by atoms with E-state index in [9.17, 15) is 4.39 Å². The molecule has 0 aliphatic carbocycles. The van der Waals surface area contributed by atoms with E-state index in [1.807, 2.05) is 12.1 Å². The lowest BCUT2D eigenvalue weighted by Crippen LogP contribution is -2.44. The molecular weight excluding hydrogens is 263 g/mol. The van der Waals surface area contributed by atoms with Crippen molar-refractivity contribution >= 4 is 0 Å². The maximum absolute atomic E-state index is 13.1. The minimum atomic E-state index is -0.177. The van der Waals surface area contributed by atoms with Crippen LogP contribution in [0, 0.1) is 24.1 Å². The molecule has 1 aliphatic heterocycles. The fourth-order valence-corrected chi connectivity index (χ4v) is 2.98. The molecule has 1 fully saturated rings. The Morgan fingerprint density at radius 1 is 1.29 bits per heavy atom. The van der Waals surface area contributed by atoms with Gasteiger partial charge in [0.15, 0.2) is 0 Å². The number of terminal acetylenes is 1. The second-order valence-corrected chi connectivity index (χ2v) is 6.19. The Labute approximate surface area is 127 Å². The Kier molecular flexibility index (Phi) is 5.78. The van der Waals surface area contributed by atoms with Gasteiger partial charge in [-0.2, -0.15) is 0 Å². The fourth-order valence-electron chi connectivity index (χ4n) is 2.98. The number of likely N-dealkylation sites (tertiary alicyclic amines) is 1. The SMILES string of the molecule is C#CCN1CCC(NC(c2ccc(F)cc2)C(C)C)CC1. The van der Waals surface area contributed by atoms with Gasteiger partial charge in [-0.25, -0.2) is 4.39 Å². The van der Waals surface area contributed by atoms with Gasteiger partial charge in [-0.05, 0) is 36.5 Å². The normalized spacial score (nSPS) is 18.6. The third kappa shape index (κ3) is 4.56. The van der Waals surface area contributed by atoms with E-state index in [4.69, 9.17) is 6.42 Å². The van der Waals surface area contributed by atoms with Crippen molar-refractivity contribution < 1.29 is 4.39 Å². The van der Waals surface area contributed by atoms with Crippen LogP contribution in [0.15, 0.2) is 24.3 Å². The van der Waals surface area contributed by atoms with Crippen LogP contribution in [0.1, 0.15) is 38.3 Å². The summed E-state index contributed by atoms with van der Waals surface area (Å²) >= 11 is 0. The van der Waals surface area contributed by atoms with Gasteiger partial charge in [-0.1, -0.05) is 31.9 Å². The van der Waals surface area contributed by atoms with Crippen molar-refractivity contribution in [2.45, 2.75) is 38.8 Å². The van der Waals surface area contributed by atoms with Gasteiger partial charge in [-0.3, -0.25) is 4.90 Å². The van der Waals surface area contributed by atoms with Crippen LogP contribution in [0.2, 0.25) is 0 Å². The predicted molar refractivity (Wildman–Crippen MR) is 85.4 cm³/mol. The van der Waals surface area contributed by atoms with Crippen molar-refractivity contribution in [1.82, 2.24) is 10.2 Å². The number of hydrogen-bond acceptors (Lipinski definition) is 2. The molecule has 1 heterocycles. The summed E-state index contributed by atoms with van der Waals surface area (Å²) in [5, 5.41) is 3.75. The lowest BCUT2D eigenvalue weighted by atomic mass is 9.93. The molecule has 0 radical (unpaired) electrons. The summed E-state index contributed by atoms with van der Waals surface area (Å²) in [4.78, 5) is 2.32. The number of hydrogen-bond donors (Lipinski definition) is 1. The number of nitrogens with zero attached hydrogens (tertiary/aromatic N) is 1. The summed E-state index contributed by atoms with van der Waals surface area (Å²) in [6.45, 7) is 7.26. The number of nitrogens with one attached hydrogen (secondary N) is 1. The molecule has 2 rings (SSSR count). The monoisotopic (exact) mass is 288 g/mol. The summed E-state index contributed by atoms with van der Waals surface area (Å²) in [6, 6.07) is 7.65. The highest BCUT2D eigenvalue weighted by atomic mass is 19.1. The molecule has 0 aromatic heterocycles. The van der Waals surface area contributed by atoms with E-state index in [0.717, 1.165) is 38.0 Å². The second kappa shape index (κ2) is 7.59. The molecule has 0 bridgehead atoms. The Morgan fingerprint density at radius 2 is 1.90 bits per heavy atom. The van der Waals surface area contributed by atoms with Gasteiger partial charge < -0.3 is 5.32 Å². The van der Waals surface area contributed by atoms with Crippen molar-refractivity contribution in [3.8, 4) is 12.3 Å². The molecule has 2 nitrogen and oxygen atoms in total. The van der Waals surface area contributed by atoms with E-state index in [2.05, 4.69) is 30.0 Å². The van der Waals surface area contributed by atoms with E-state index in [1.165, 1.54) is 0 Å². The third-order valence-electron chi connectivity index (χ3n) is 4.21. The van der Waals surface area contributed by atoms with Crippen LogP contribution in [0.5, 0.6) is 0 Å². The molecule has 114 valence electrons. The first-order chi connectivity index (χ1) is 10.1. The molecular formula is C18H25FN2. The van der Waals surface area contributed by atoms with Crippen LogP contribution >= 0.6 is 0 Å². The Morgan fingerprint density at radius 3 is 2.43 bits per heavy atom.